The number of alkyl halides is 3. The SMILES string of the molecule is COc1ccc2c(C)c(CCC(=O)Nc3cc(C(F)(F)F)ccc3N3CCOCC3)c(=O)oc2c1. The molecule has 186 valence electrons. The average molecular weight is 490 g/mol. The number of aryl methyl sites for hydroxylation is 1. The van der Waals surface area contributed by atoms with Gasteiger partial charge in [0, 0.05) is 36.5 Å². The first-order chi connectivity index (χ1) is 16.7. The number of morpholine rings is 1. The van der Waals surface area contributed by atoms with E-state index >= 15 is 0 Å². The number of nitrogens with one attached hydrogen (secondary N) is 1. The molecule has 0 spiro atoms. The van der Waals surface area contributed by atoms with Crippen LogP contribution in [-0.4, -0.2) is 39.3 Å². The Bertz CT molecular complexity index is 1300. The molecule has 1 aliphatic heterocycles. The van der Waals surface area contributed by atoms with Crippen LogP contribution in [0.25, 0.3) is 11.0 Å². The van der Waals surface area contributed by atoms with Crippen molar-refractivity contribution in [1.82, 2.24) is 0 Å². The maximum atomic E-state index is 13.3. The quantitative estimate of drug-likeness (QED) is 0.511. The highest BCUT2D eigenvalue weighted by Crippen LogP contribution is 2.36. The molecule has 4 rings (SSSR count). The minimum Gasteiger partial charge on any atom is -0.497 e. The molecule has 1 fully saturated rings. The molecule has 1 amide bonds. The summed E-state index contributed by atoms with van der Waals surface area (Å²) >= 11 is 0. The summed E-state index contributed by atoms with van der Waals surface area (Å²) < 4.78 is 55.8. The zero-order valence-electron chi connectivity index (χ0n) is 19.3. The lowest BCUT2D eigenvalue weighted by molar-refractivity contribution is -0.137. The van der Waals surface area contributed by atoms with Crippen LogP contribution in [0, 0.1) is 6.92 Å². The van der Waals surface area contributed by atoms with Crippen molar-refractivity contribution in [2.45, 2.75) is 25.9 Å². The van der Waals surface area contributed by atoms with Gasteiger partial charge in [-0.2, -0.15) is 13.2 Å². The Morgan fingerprint density at radius 1 is 1.14 bits per heavy atom. The van der Waals surface area contributed by atoms with Crippen molar-refractivity contribution in [2.24, 2.45) is 0 Å². The summed E-state index contributed by atoms with van der Waals surface area (Å²) in [5.41, 5.74) is 0.538. The van der Waals surface area contributed by atoms with E-state index in [0.29, 0.717) is 59.8 Å². The molecule has 0 radical (unpaired) electrons. The van der Waals surface area contributed by atoms with Crippen LogP contribution in [-0.2, 0) is 22.1 Å². The van der Waals surface area contributed by atoms with E-state index in [1.807, 2.05) is 4.90 Å². The second-order valence-electron chi connectivity index (χ2n) is 8.23. The number of carbonyl (C=O) groups is 1. The van der Waals surface area contributed by atoms with E-state index in [1.54, 1.807) is 25.1 Å². The molecule has 0 atom stereocenters. The van der Waals surface area contributed by atoms with Crippen LogP contribution in [0.15, 0.2) is 45.6 Å². The number of hydrogen-bond donors (Lipinski definition) is 1. The van der Waals surface area contributed by atoms with Crippen molar-refractivity contribution >= 4 is 28.3 Å². The second-order valence-corrected chi connectivity index (χ2v) is 8.23. The Balaban J connectivity index is 1.55. The first kappa shape index (κ1) is 24.6. The fraction of sp³-hybridized carbons (Fsp3) is 0.360. The van der Waals surface area contributed by atoms with Gasteiger partial charge < -0.3 is 24.1 Å². The molecule has 7 nitrogen and oxygen atoms in total. The zero-order chi connectivity index (χ0) is 25.2. The molecule has 0 bridgehead atoms. The van der Waals surface area contributed by atoms with E-state index in [2.05, 4.69) is 5.32 Å². The highest BCUT2D eigenvalue weighted by Gasteiger charge is 2.32. The third-order valence-electron chi connectivity index (χ3n) is 6.05. The fourth-order valence-electron chi connectivity index (χ4n) is 4.13. The Labute approximate surface area is 199 Å². The van der Waals surface area contributed by atoms with Gasteiger partial charge in [0.25, 0.3) is 0 Å². The summed E-state index contributed by atoms with van der Waals surface area (Å²) in [5.74, 6) is 0.0387. The van der Waals surface area contributed by atoms with Crippen molar-refractivity contribution in [3.05, 3.63) is 63.5 Å². The normalized spacial score (nSPS) is 14.3. The number of anilines is 2. The molecule has 2 aromatic carbocycles. The van der Waals surface area contributed by atoms with Gasteiger partial charge in [0.15, 0.2) is 0 Å². The summed E-state index contributed by atoms with van der Waals surface area (Å²) in [5, 5.41) is 3.33. The van der Waals surface area contributed by atoms with Crippen molar-refractivity contribution in [2.75, 3.05) is 43.6 Å². The van der Waals surface area contributed by atoms with E-state index in [0.717, 1.165) is 12.1 Å². The highest BCUT2D eigenvalue weighted by atomic mass is 19.4. The molecule has 1 N–H and O–H groups in total. The average Bonchev–Trinajstić information content (AvgIpc) is 2.83. The Morgan fingerprint density at radius 2 is 1.89 bits per heavy atom. The van der Waals surface area contributed by atoms with Gasteiger partial charge in [-0.05, 0) is 49.2 Å². The summed E-state index contributed by atoms with van der Waals surface area (Å²) in [6, 6.07) is 8.42. The molecule has 1 aromatic heterocycles. The van der Waals surface area contributed by atoms with Gasteiger partial charge in [-0.3, -0.25) is 4.79 Å². The Kier molecular flexibility index (Phi) is 7.02. The van der Waals surface area contributed by atoms with Crippen LogP contribution in [0.3, 0.4) is 0 Å². The minimum absolute atomic E-state index is 0.0705. The lowest BCUT2D eigenvalue weighted by Crippen LogP contribution is -2.36. The molecule has 0 unspecified atom stereocenters. The number of ether oxygens (including phenoxy) is 2. The third-order valence-corrected chi connectivity index (χ3v) is 6.05. The fourth-order valence-corrected chi connectivity index (χ4v) is 4.13. The highest BCUT2D eigenvalue weighted by molar-refractivity contribution is 5.95. The lowest BCUT2D eigenvalue weighted by Gasteiger charge is -2.31. The number of hydrogen-bond acceptors (Lipinski definition) is 6. The van der Waals surface area contributed by atoms with Crippen LogP contribution in [0.4, 0.5) is 24.5 Å². The predicted molar refractivity (Wildman–Crippen MR) is 125 cm³/mol. The van der Waals surface area contributed by atoms with Crippen LogP contribution in [0.1, 0.15) is 23.1 Å². The predicted octanol–water partition coefficient (Wildman–Crippen LogP) is 4.54. The summed E-state index contributed by atoms with van der Waals surface area (Å²) in [7, 11) is 1.51. The van der Waals surface area contributed by atoms with Crippen molar-refractivity contribution < 1.29 is 31.9 Å². The molecule has 35 heavy (non-hydrogen) atoms. The number of amides is 1. The molecule has 0 saturated carbocycles. The standard InChI is InChI=1S/C25H25F3N2O5/c1-15-18-5-4-17(33-2)14-22(18)35-24(32)19(15)6-8-23(31)29-20-13-16(25(26,27)28)3-7-21(20)30-9-11-34-12-10-30/h3-5,7,13-14H,6,8-12H2,1-2H3,(H,29,31). The van der Waals surface area contributed by atoms with E-state index in [4.69, 9.17) is 13.9 Å². The number of rotatable bonds is 6. The molecule has 0 aliphatic carbocycles. The number of halogens is 3. The topological polar surface area (TPSA) is 81.0 Å². The third kappa shape index (κ3) is 5.43. The van der Waals surface area contributed by atoms with Gasteiger partial charge in [-0.15, -0.1) is 0 Å². The van der Waals surface area contributed by atoms with E-state index in [-0.39, 0.29) is 18.5 Å². The van der Waals surface area contributed by atoms with Gasteiger partial charge in [0.1, 0.15) is 11.3 Å². The first-order valence-corrected chi connectivity index (χ1v) is 11.1. The molecule has 1 saturated heterocycles. The second kappa shape index (κ2) is 9.99. The molecule has 1 aliphatic rings. The van der Waals surface area contributed by atoms with Gasteiger partial charge >= 0.3 is 11.8 Å². The zero-order valence-corrected chi connectivity index (χ0v) is 19.3. The van der Waals surface area contributed by atoms with Gasteiger partial charge in [-0.25, -0.2) is 4.79 Å². The Hall–Kier alpha value is -3.53. The summed E-state index contributed by atoms with van der Waals surface area (Å²) in [4.78, 5) is 27.2. The van der Waals surface area contributed by atoms with Gasteiger partial charge in [0.2, 0.25) is 5.91 Å². The van der Waals surface area contributed by atoms with Crippen LogP contribution in [0.5, 0.6) is 5.75 Å². The largest absolute Gasteiger partial charge is 0.497 e. The first-order valence-electron chi connectivity index (χ1n) is 11.1. The van der Waals surface area contributed by atoms with Crippen LogP contribution < -0.4 is 20.6 Å². The van der Waals surface area contributed by atoms with Crippen molar-refractivity contribution in [3.63, 3.8) is 0 Å². The molecular weight excluding hydrogens is 465 g/mol. The number of fused-ring (bicyclic) bond motifs is 1. The smallest absolute Gasteiger partial charge is 0.416 e. The summed E-state index contributed by atoms with van der Waals surface area (Å²) in [6.07, 6.45) is -4.58. The van der Waals surface area contributed by atoms with E-state index in [9.17, 15) is 22.8 Å². The van der Waals surface area contributed by atoms with Crippen molar-refractivity contribution in [3.8, 4) is 5.75 Å². The van der Waals surface area contributed by atoms with Crippen LogP contribution >= 0.6 is 0 Å². The number of methoxy groups -OCH3 is 1. The molecule has 3 aromatic rings. The molecular formula is C25H25F3N2O5. The van der Waals surface area contributed by atoms with E-state index < -0.39 is 23.3 Å². The number of nitrogens with zero attached hydrogens (tertiary/aromatic N) is 1. The van der Waals surface area contributed by atoms with E-state index in [1.165, 1.54) is 13.2 Å². The monoisotopic (exact) mass is 490 g/mol. The van der Waals surface area contributed by atoms with Gasteiger partial charge in [-0.1, -0.05) is 0 Å². The Morgan fingerprint density at radius 3 is 2.57 bits per heavy atom. The number of carbonyl (C=O) groups excluding carboxylic acids is 1. The lowest BCUT2D eigenvalue weighted by atomic mass is 10.0. The maximum Gasteiger partial charge on any atom is 0.416 e. The minimum atomic E-state index is -4.55. The van der Waals surface area contributed by atoms with Crippen molar-refractivity contribution in [1.29, 1.82) is 0 Å². The molecule has 2 heterocycles. The maximum absolute atomic E-state index is 13.3. The number of benzene rings is 2. The van der Waals surface area contributed by atoms with Gasteiger partial charge in [0.05, 0.1) is 37.3 Å². The summed E-state index contributed by atoms with van der Waals surface area (Å²) in [6.45, 7) is 3.64. The van der Waals surface area contributed by atoms with Crippen LogP contribution in [0.2, 0.25) is 0 Å². The molecule has 10 heteroatoms.